The van der Waals surface area contributed by atoms with E-state index in [1.165, 1.54) is 0 Å². The summed E-state index contributed by atoms with van der Waals surface area (Å²) in [5.74, 6) is 1.54. The predicted molar refractivity (Wildman–Crippen MR) is 105 cm³/mol. The van der Waals surface area contributed by atoms with Gasteiger partial charge in [0.2, 0.25) is 0 Å². The maximum absolute atomic E-state index is 10.3. The van der Waals surface area contributed by atoms with Gasteiger partial charge in [0.15, 0.2) is 0 Å². The first-order chi connectivity index (χ1) is 12.8. The van der Waals surface area contributed by atoms with Gasteiger partial charge >= 0.3 is 0 Å². The van der Waals surface area contributed by atoms with Crippen molar-refractivity contribution >= 4 is 21.5 Å². The summed E-state index contributed by atoms with van der Waals surface area (Å²) < 4.78 is 11.7. The van der Waals surface area contributed by atoms with Crippen LogP contribution in [-0.4, -0.2) is 24.4 Å². The first kappa shape index (κ1) is 16.4. The molecule has 0 saturated heterocycles. The van der Waals surface area contributed by atoms with E-state index in [-0.39, 0.29) is 13.2 Å². The van der Waals surface area contributed by atoms with Gasteiger partial charge in [-0.05, 0) is 22.9 Å². The summed E-state index contributed by atoms with van der Waals surface area (Å²) in [5, 5.41) is 14.6. The third kappa shape index (κ3) is 3.48. The highest BCUT2D eigenvalue weighted by molar-refractivity contribution is 5.88. The molecule has 3 nitrogen and oxygen atoms in total. The molecule has 26 heavy (non-hydrogen) atoms. The van der Waals surface area contributed by atoms with E-state index in [9.17, 15) is 5.11 Å². The number of hydrogen-bond acceptors (Lipinski definition) is 3. The zero-order valence-electron chi connectivity index (χ0n) is 14.3. The fourth-order valence-corrected chi connectivity index (χ4v) is 3.06. The number of hydrogen-bond donors (Lipinski definition) is 1. The van der Waals surface area contributed by atoms with Gasteiger partial charge in [0.25, 0.3) is 0 Å². The van der Waals surface area contributed by atoms with Crippen LogP contribution in [0.4, 0.5) is 0 Å². The second kappa shape index (κ2) is 7.46. The van der Waals surface area contributed by atoms with Crippen molar-refractivity contribution in [3.05, 3.63) is 84.9 Å². The van der Waals surface area contributed by atoms with Crippen molar-refractivity contribution in [2.75, 3.05) is 13.2 Å². The number of benzene rings is 4. The summed E-state index contributed by atoms with van der Waals surface area (Å²) in [4.78, 5) is 0. The molecule has 0 fully saturated rings. The van der Waals surface area contributed by atoms with Crippen LogP contribution in [0, 0.1) is 0 Å². The van der Waals surface area contributed by atoms with E-state index < -0.39 is 6.10 Å². The molecule has 0 aromatic heterocycles. The van der Waals surface area contributed by atoms with Crippen LogP contribution in [0.2, 0.25) is 0 Å². The van der Waals surface area contributed by atoms with Crippen molar-refractivity contribution in [3.63, 3.8) is 0 Å². The van der Waals surface area contributed by atoms with Crippen molar-refractivity contribution < 1.29 is 14.6 Å². The molecule has 4 aromatic rings. The average Bonchev–Trinajstić information content (AvgIpc) is 2.70. The standard InChI is InChI=1S/C23H20O3/c24-19(15-25-22-13-5-9-17-7-1-3-11-20(17)22)16-26-23-14-6-10-18-8-2-4-12-21(18)23/h1-14,19,24H,15-16H2. The van der Waals surface area contributed by atoms with E-state index in [0.717, 1.165) is 33.0 Å². The van der Waals surface area contributed by atoms with Crippen LogP contribution in [-0.2, 0) is 0 Å². The molecular formula is C23H20O3. The minimum atomic E-state index is -0.715. The monoisotopic (exact) mass is 344 g/mol. The number of aliphatic hydroxyl groups is 1. The smallest absolute Gasteiger partial charge is 0.127 e. The molecule has 0 radical (unpaired) electrons. The molecule has 0 spiro atoms. The highest BCUT2D eigenvalue weighted by Crippen LogP contribution is 2.26. The SMILES string of the molecule is OC(COc1cccc2ccccc12)COc1cccc2ccccc12. The Kier molecular flexibility index (Phi) is 4.71. The number of fused-ring (bicyclic) bond motifs is 2. The molecule has 0 saturated carbocycles. The summed E-state index contributed by atoms with van der Waals surface area (Å²) in [6, 6.07) is 27.9. The minimum Gasteiger partial charge on any atom is -0.490 e. The van der Waals surface area contributed by atoms with E-state index in [1.807, 2.05) is 84.9 Å². The summed E-state index contributed by atoms with van der Waals surface area (Å²) in [7, 11) is 0. The number of rotatable bonds is 6. The normalized spacial score (nSPS) is 11.2. The van der Waals surface area contributed by atoms with Gasteiger partial charge in [-0.2, -0.15) is 0 Å². The molecule has 0 aliphatic rings. The fourth-order valence-electron chi connectivity index (χ4n) is 3.06. The molecule has 0 aliphatic carbocycles. The Balaban J connectivity index is 1.40. The first-order valence-corrected chi connectivity index (χ1v) is 8.70. The predicted octanol–water partition coefficient (Wildman–Crippen LogP) is 4.81. The minimum absolute atomic E-state index is 0.179. The van der Waals surface area contributed by atoms with Gasteiger partial charge in [-0.25, -0.2) is 0 Å². The highest BCUT2D eigenvalue weighted by Gasteiger charge is 2.10. The maximum atomic E-state index is 10.3. The van der Waals surface area contributed by atoms with Crippen molar-refractivity contribution in [1.82, 2.24) is 0 Å². The topological polar surface area (TPSA) is 38.7 Å². The molecule has 0 aliphatic heterocycles. The van der Waals surface area contributed by atoms with E-state index >= 15 is 0 Å². The van der Waals surface area contributed by atoms with Crippen LogP contribution < -0.4 is 9.47 Å². The number of ether oxygens (including phenoxy) is 2. The summed E-state index contributed by atoms with van der Waals surface area (Å²) in [6.45, 7) is 0.359. The largest absolute Gasteiger partial charge is 0.490 e. The van der Waals surface area contributed by atoms with Gasteiger partial charge in [0.1, 0.15) is 30.8 Å². The molecule has 4 rings (SSSR count). The summed E-state index contributed by atoms with van der Waals surface area (Å²) in [5.41, 5.74) is 0. The zero-order chi connectivity index (χ0) is 17.8. The Bertz CT molecular complexity index is 932. The van der Waals surface area contributed by atoms with E-state index in [2.05, 4.69) is 0 Å². The highest BCUT2D eigenvalue weighted by atomic mass is 16.5. The lowest BCUT2D eigenvalue weighted by Gasteiger charge is -2.15. The third-order valence-electron chi connectivity index (χ3n) is 4.36. The van der Waals surface area contributed by atoms with Gasteiger partial charge < -0.3 is 14.6 Å². The van der Waals surface area contributed by atoms with Crippen LogP contribution in [0.5, 0.6) is 11.5 Å². The summed E-state index contributed by atoms with van der Waals surface area (Å²) in [6.07, 6.45) is -0.715. The molecule has 0 heterocycles. The molecule has 0 amide bonds. The molecular weight excluding hydrogens is 324 g/mol. The molecule has 0 atom stereocenters. The van der Waals surface area contributed by atoms with E-state index in [0.29, 0.717) is 0 Å². The number of aliphatic hydroxyl groups excluding tert-OH is 1. The lowest BCUT2D eigenvalue weighted by molar-refractivity contribution is 0.0637. The van der Waals surface area contributed by atoms with Crippen LogP contribution >= 0.6 is 0 Å². The Morgan fingerprint density at radius 2 is 1.00 bits per heavy atom. The van der Waals surface area contributed by atoms with Gasteiger partial charge in [-0.15, -0.1) is 0 Å². The van der Waals surface area contributed by atoms with Crippen molar-refractivity contribution in [2.45, 2.75) is 6.10 Å². The second-order valence-electron chi connectivity index (χ2n) is 6.23. The molecule has 130 valence electrons. The first-order valence-electron chi connectivity index (χ1n) is 8.70. The van der Waals surface area contributed by atoms with Crippen molar-refractivity contribution in [3.8, 4) is 11.5 Å². The Morgan fingerprint density at radius 1 is 0.577 bits per heavy atom. The zero-order valence-corrected chi connectivity index (χ0v) is 14.3. The van der Waals surface area contributed by atoms with Crippen LogP contribution in [0.1, 0.15) is 0 Å². The van der Waals surface area contributed by atoms with Crippen molar-refractivity contribution in [1.29, 1.82) is 0 Å². The van der Waals surface area contributed by atoms with Gasteiger partial charge in [0.05, 0.1) is 0 Å². The molecule has 0 unspecified atom stereocenters. The van der Waals surface area contributed by atoms with Crippen LogP contribution in [0.3, 0.4) is 0 Å². The molecule has 1 N–H and O–H groups in total. The van der Waals surface area contributed by atoms with Crippen LogP contribution in [0.15, 0.2) is 84.9 Å². The Hall–Kier alpha value is -3.04. The lowest BCUT2D eigenvalue weighted by Crippen LogP contribution is -2.25. The van der Waals surface area contributed by atoms with Crippen molar-refractivity contribution in [2.24, 2.45) is 0 Å². The van der Waals surface area contributed by atoms with Crippen LogP contribution in [0.25, 0.3) is 21.5 Å². The third-order valence-corrected chi connectivity index (χ3v) is 4.36. The Morgan fingerprint density at radius 3 is 1.50 bits per heavy atom. The van der Waals surface area contributed by atoms with Gasteiger partial charge in [0, 0.05) is 10.8 Å². The molecule has 3 heteroatoms. The van der Waals surface area contributed by atoms with Gasteiger partial charge in [-0.1, -0.05) is 72.8 Å². The maximum Gasteiger partial charge on any atom is 0.127 e. The molecule has 0 bridgehead atoms. The Labute approximate surface area is 152 Å². The average molecular weight is 344 g/mol. The molecule has 4 aromatic carbocycles. The quantitative estimate of drug-likeness (QED) is 0.545. The van der Waals surface area contributed by atoms with Gasteiger partial charge in [-0.3, -0.25) is 0 Å². The summed E-state index contributed by atoms with van der Waals surface area (Å²) >= 11 is 0. The van der Waals surface area contributed by atoms with E-state index in [1.54, 1.807) is 0 Å². The fraction of sp³-hybridized carbons (Fsp3) is 0.130. The van der Waals surface area contributed by atoms with E-state index in [4.69, 9.17) is 9.47 Å². The lowest BCUT2D eigenvalue weighted by atomic mass is 10.1. The second-order valence-corrected chi connectivity index (χ2v) is 6.23.